The second-order valence-electron chi connectivity index (χ2n) is 16.3. The average molecular weight is 874 g/mol. The van der Waals surface area contributed by atoms with Crippen LogP contribution in [0.2, 0.25) is 0 Å². The zero-order valence-electron chi connectivity index (χ0n) is 38.7. The fraction of sp³-hybridized carbons (Fsp3) is 0.667. The molecule has 0 spiro atoms. The smallest absolute Gasteiger partial charge is 0.493 e. The van der Waals surface area contributed by atoms with Gasteiger partial charge in [-0.2, -0.15) is 13.8 Å². The van der Waals surface area contributed by atoms with Crippen molar-refractivity contribution in [3.05, 3.63) is 101 Å². The molecule has 3 heteroatoms. The zero-order valence-corrected chi connectivity index (χ0v) is 40.2. The van der Waals surface area contributed by atoms with Gasteiger partial charge in [0, 0.05) is 22.8 Å². The Morgan fingerprint density at radius 2 is 0.667 bits per heavy atom. The van der Waals surface area contributed by atoms with Gasteiger partial charge in [-0.1, -0.05) is 169 Å². The Kier molecular flexibility index (Phi) is 36.0. The van der Waals surface area contributed by atoms with E-state index >= 15 is 0 Å². The van der Waals surface area contributed by atoms with Crippen molar-refractivity contribution in [2.45, 2.75) is 235 Å². The van der Waals surface area contributed by atoms with Crippen LogP contribution in [0.4, 0.5) is 0 Å². The maximum Gasteiger partial charge on any atom is 2.00 e. The summed E-state index contributed by atoms with van der Waals surface area (Å²) in [6.07, 6.45) is 39.0. The van der Waals surface area contributed by atoms with Crippen LogP contribution in [0.15, 0.2) is 48.0 Å². The molecule has 1 heterocycles. The number of aryl methyl sites for hydroxylation is 4. The van der Waals surface area contributed by atoms with Crippen molar-refractivity contribution in [2.75, 3.05) is 0 Å². The van der Waals surface area contributed by atoms with E-state index in [1.165, 1.54) is 193 Å². The third kappa shape index (κ3) is 22.9. The van der Waals surface area contributed by atoms with Crippen molar-refractivity contribution in [1.82, 2.24) is 0 Å². The summed E-state index contributed by atoms with van der Waals surface area (Å²) in [6.45, 7) is 21.5. The van der Waals surface area contributed by atoms with Gasteiger partial charge in [0.2, 0.25) is 11.4 Å². The largest absolute Gasteiger partial charge is 2.00 e. The molecule has 3 rings (SSSR count). The summed E-state index contributed by atoms with van der Waals surface area (Å²) in [5, 5.41) is 0. The molecule has 0 atom stereocenters. The maximum absolute atomic E-state index is 12.3. The number of allylic oxidation sites excluding steroid dienone is 2. The van der Waals surface area contributed by atoms with Crippen molar-refractivity contribution >= 4 is 11.4 Å². The van der Waals surface area contributed by atoms with Gasteiger partial charge in [0.15, 0.2) is 0 Å². The molecule has 0 unspecified atom stereocenters. The molecular formula is C54H90N2Pd. The van der Waals surface area contributed by atoms with Crippen molar-refractivity contribution in [1.29, 1.82) is 0 Å². The topological polar surface area (TPSA) is 25.3 Å². The fourth-order valence-corrected chi connectivity index (χ4v) is 8.11. The Morgan fingerprint density at radius 3 is 1.04 bits per heavy atom. The maximum atomic E-state index is 12.3. The van der Waals surface area contributed by atoms with Crippen molar-refractivity contribution < 1.29 is 25.1 Å². The molecule has 57 heavy (non-hydrogen) atoms. The minimum Gasteiger partial charge on any atom is -0.493 e. The van der Waals surface area contributed by atoms with Crippen LogP contribution in [0.3, 0.4) is 0 Å². The number of hydrogen-bond acceptors (Lipinski definition) is 0. The number of hydrogen-bond donors (Lipinski definition) is 0. The monoisotopic (exact) mass is 873 g/mol. The minimum absolute atomic E-state index is 0. The molecule has 2 aromatic carbocycles. The third-order valence-corrected chi connectivity index (χ3v) is 11.3. The number of nitrogens with zero attached hydrogens (tertiary/aromatic N) is 2. The Bertz CT molecular complexity index is 1350. The van der Waals surface area contributed by atoms with Gasteiger partial charge in [-0.15, -0.1) is 0 Å². The van der Waals surface area contributed by atoms with E-state index in [0.717, 1.165) is 43.5 Å². The minimum atomic E-state index is 0. The van der Waals surface area contributed by atoms with Crippen LogP contribution in [-0.4, -0.2) is 4.70 Å². The van der Waals surface area contributed by atoms with E-state index in [0.29, 0.717) is 0 Å². The molecule has 0 fully saturated rings. The number of unbranched alkanes of at least 4 members (excludes halogenated alkanes) is 19. The summed E-state index contributed by atoms with van der Waals surface area (Å²) in [6, 6.07) is 14.6. The molecule has 2 aromatic rings. The fourth-order valence-electron chi connectivity index (χ4n) is 8.11. The molecule has 1 aliphatic heterocycles. The van der Waals surface area contributed by atoms with Gasteiger partial charge in [-0.05, 0) is 111 Å². The van der Waals surface area contributed by atoms with E-state index in [1.54, 1.807) is 18.5 Å². The Labute approximate surface area is 370 Å². The van der Waals surface area contributed by atoms with Crippen molar-refractivity contribution in [2.24, 2.45) is 0 Å². The summed E-state index contributed by atoms with van der Waals surface area (Å²) in [4.78, 5) is 0. The van der Waals surface area contributed by atoms with Gasteiger partial charge in [-0.25, -0.2) is 4.70 Å². The zero-order chi connectivity index (χ0) is 41.2. The molecular weight excluding hydrogens is 783 g/mol. The van der Waals surface area contributed by atoms with Crippen LogP contribution in [0.1, 0.15) is 242 Å². The summed E-state index contributed by atoms with van der Waals surface area (Å²) in [7, 11) is 0. The first-order valence-corrected chi connectivity index (χ1v) is 24.2. The molecule has 0 aliphatic carbocycles. The Balaban J connectivity index is 0.00000607. The summed E-state index contributed by atoms with van der Waals surface area (Å²) in [5.74, 6) is 0. The van der Waals surface area contributed by atoms with Gasteiger partial charge >= 0.3 is 20.4 Å². The normalized spacial score (nSPS) is 12.2. The van der Waals surface area contributed by atoms with E-state index < -0.39 is 0 Å². The Morgan fingerprint density at radius 1 is 0.386 bits per heavy atom. The second kappa shape index (κ2) is 37.2. The van der Waals surface area contributed by atoms with E-state index in [4.69, 9.17) is 0 Å². The summed E-state index contributed by atoms with van der Waals surface area (Å²) >= 11 is 0. The van der Waals surface area contributed by atoms with E-state index in [9.17, 15) is 5.53 Å². The molecule has 0 saturated carbocycles. The third-order valence-electron chi connectivity index (χ3n) is 11.3. The van der Waals surface area contributed by atoms with E-state index in [1.807, 2.05) is 0 Å². The Hall–Kier alpha value is -1.82. The van der Waals surface area contributed by atoms with Crippen molar-refractivity contribution in [3.63, 3.8) is 0 Å². The SMILES string of the molecule is CCCCCCCCC1=C(c2cc(CCCCC)cc(CCCCCCCC)c2)[N+](=[N-])C(c2cc(CCCCC)cc(CCCCCCCC)c2)=C1.[CH2-]C.[CH2-]C.[Pd+2]. The quantitative estimate of drug-likeness (QED) is 0.0312. The van der Waals surface area contributed by atoms with Crippen LogP contribution >= 0.6 is 0 Å². The van der Waals surface area contributed by atoms with Crippen LogP contribution in [0.25, 0.3) is 16.9 Å². The van der Waals surface area contributed by atoms with Crippen molar-refractivity contribution in [3.8, 4) is 0 Å². The van der Waals surface area contributed by atoms with E-state index in [2.05, 4.69) is 90.9 Å². The summed E-state index contributed by atoms with van der Waals surface area (Å²) < 4.78 is 1.60. The molecule has 0 N–H and O–H groups in total. The van der Waals surface area contributed by atoms with Crippen LogP contribution in [-0.2, 0) is 46.1 Å². The second-order valence-corrected chi connectivity index (χ2v) is 16.3. The van der Waals surface area contributed by atoms with Crippen LogP contribution < -0.4 is 0 Å². The average Bonchev–Trinajstić information content (AvgIpc) is 3.55. The van der Waals surface area contributed by atoms with Gasteiger partial charge < -0.3 is 19.4 Å². The first kappa shape index (κ1) is 55.2. The molecule has 0 saturated heterocycles. The van der Waals surface area contributed by atoms with Gasteiger partial charge in [0.05, 0.1) is 0 Å². The summed E-state index contributed by atoms with van der Waals surface area (Å²) in [5.41, 5.74) is 23.8. The number of rotatable bonds is 31. The molecule has 0 aromatic heterocycles. The van der Waals surface area contributed by atoms with Gasteiger partial charge in [0.25, 0.3) is 0 Å². The van der Waals surface area contributed by atoms with Crippen LogP contribution in [0.5, 0.6) is 0 Å². The standard InChI is InChI=1S/C50H80N2.2C2H5.Pd/c1-6-11-16-19-22-27-32-43-35-42(30-25-14-9-4)37-47(38-43)49-41-46(34-29-24-21-18-13-8-3)50(52(49)51)48-39-44(31-26-15-10-5)36-45(40-48)33-28-23-20-17-12-7-2;2*1-2;/h35-41H,6-34H2,1-5H3;2*1H2,2H3;/q;2*-1;+2. The molecule has 0 amide bonds. The van der Waals surface area contributed by atoms with Crippen LogP contribution in [0, 0.1) is 13.8 Å². The van der Waals surface area contributed by atoms with E-state index in [-0.39, 0.29) is 20.4 Å². The first-order chi connectivity index (χ1) is 27.5. The molecule has 326 valence electrons. The predicted molar refractivity (Wildman–Crippen MR) is 252 cm³/mol. The van der Waals surface area contributed by atoms with Gasteiger partial charge in [-0.3, -0.25) is 0 Å². The predicted octanol–water partition coefficient (Wildman–Crippen LogP) is 18.2. The van der Waals surface area contributed by atoms with Gasteiger partial charge in [0.1, 0.15) is 0 Å². The molecule has 2 nitrogen and oxygen atoms in total. The molecule has 1 aliphatic rings. The first-order valence-electron chi connectivity index (χ1n) is 24.2. The molecule has 0 radical (unpaired) electrons. The number of benzene rings is 2. The molecule has 0 bridgehead atoms.